The van der Waals surface area contributed by atoms with Crippen LogP contribution in [0.3, 0.4) is 0 Å². The molecule has 0 aromatic rings. The van der Waals surface area contributed by atoms with Crippen LogP contribution >= 0.6 is 0 Å². The van der Waals surface area contributed by atoms with Gasteiger partial charge in [0.05, 0.1) is 0 Å². The SMILES string of the molecule is CCC[C@@H](CCCCNC)C(C)=O. The second-order valence-electron chi connectivity index (χ2n) is 3.70. The smallest absolute Gasteiger partial charge is 0.132 e. The quantitative estimate of drug-likeness (QED) is 0.588. The van der Waals surface area contributed by atoms with Crippen LogP contribution in [0.1, 0.15) is 46.0 Å². The van der Waals surface area contributed by atoms with E-state index in [1.165, 1.54) is 12.8 Å². The molecule has 0 bridgehead atoms. The molecule has 0 rings (SSSR count). The summed E-state index contributed by atoms with van der Waals surface area (Å²) < 4.78 is 0. The standard InChI is InChI=1S/C11H23NO/c1-4-7-11(10(2)13)8-5-6-9-12-3/h11-12H,4-9H2,1-3H3/t11-/m0/s1. The molecule has 0 unspecified atom stereocenters. The molecule has 0 radical (unpaired) electrons. The van der Waals surface area contributed by atoms with Gasteiger partial charge in [0.1, 0.15) is 5.78 Å². The van der Waals surface area contributed by atoms with Gasteiger partial charge in [0.2, 0.25) is 0 Å². The highest BCUT2D eigenvalue weighted by atomic mass is 16.1. The number of ketones is 1. The van der Waals surface area contributed by atoms with Crippen LogP contribution in [0, 0.1) is 5.92 Å². The van der Waals surface area contributed by atoms with Crippen molar-refractivity contribution < 1.29 is 4.79 Å². The Hall–Kier alpha value is -0.370. The first-order chi connectivity index (χ1) is 6.22. The summed E-state index contributed by atoms with van der Waals surface area (Å²) in [4.78, 5) is 11.2. The zero-order valence-corrected chi connectivity index (χ0v) is 9.23. The molecule has 13 heavy (non-hydrogen) atoms. The van der Waals surface area contributed by atoms with Crippen molar-refractivity contribution in [3.63, 3.8) is 0 Å². The molecule has 0 spiro atoms. The Balaban J connectivity index is 3.51. The first kappa shape index (κ1) is 12.6. The van der Waals surface area contributed by atoms with Crippen LogP contribution in [-0.4, -0.2) is 19.4 Å². The number of unbranched alkanes of at least 4 members (excludes halogenated alkanes) is 1. The Kier molecular flexibility index (Phi) is 8.00. The highest BCUT2D eigenvalue weighted by molar-refractivity contribution is 5.78. The van der Waals surface area contributed by atoms with Crippen LogP contribution in [0.25, 0.3) is 0 Å². The molecule has 0 saturated carbocycles. The van der Waals surface area contributed by atoms with E-state index in [0.29, 0.717) is 11.7 Å². The van der Waals surface area contributed by atoms with Gasteiger partial charge in [0.25, 0.3) is 0 Å². The summed E-state index contributed by atoms with van der Waals surface area (Å²) in [7, 11) is 1.97. The molecule has 0 aliphatic rings. The predicted octanol–water partition coefficient (Wildman–Crippen LogP) is 2.38. The van der Waals surface area contributed by atoms with Gasteiger partial charge in [0.15, 0.2) is 0 Å². The lowest BCUT2D eigenvalue weighted by Gasteiger charge is -2.11. The molecular weight excluding hydrogens is 162 g/mol. The summed E-state index contributed by atoms with van der Waals surface area (Å²) in [6, 6.07) is 0. The molecule has 0 heterocycles. The van der Waals surface area contributed by atoms with Gasteiger partial charge in [-0.05, 0) is 39.8 Å². The molecule has 0 aliphatic carbocycles. The maximum atomic E-state index is 11.2. The van der Waals surface area contributed by atoms with E-state index in [1.54, 1.807) is 6.92 Å². The zero-order chi connectivity index (χ0) is 10.1. The topological polar surface area (TPSA) is 29.1 Å². The van der Waals surface area contributed by atoms with Gasteiger partial charge in [0, 0.05) is 5.92 Å². The fraction of sp³-hybridized carbons (Fsp3) is 0.909. The normalized spacial score (nSPS) is 12.8. The molecular formula is C11H23NO. The minimum Gasteiger partial charge on any atom is -0.320 e. The van der Waals surface area contributed by atoms with E-state index in [0.717, 1.165) is 25.8 Å². The van der Waals surface area contributed by atoms with E-state index < -0.39 is 0 Å². The summed E-state index contributed by atoms with van der Waals surface area (Å²) in [5.41, 5.74) is 0. The first-order valence-electron chi connectivity index (χ1n) is 5.37. The fourth-order valence-electron chi connectivity index (χ4n) is 1.59. The van der Waals surface area contributed by atoms with Crippen molar-refractivity contribution in [2.75, 3.05) is 13.6 Å². The monoisotopic (exact) mass is 185 g/mol. The van der Waals surface area contributed by atoms with Gasteiger partial charge in [-0.2, -0.15) is 0 Å². The van der Waals surface area contributed by atoms with Crippen LogP contribution in [0.5, 0.6) is 0 Å². The average molecular weight is 185 g/mol. The molecule has 1 atom stereocenters. The largest absolute Gasteiger partial charge is 0.320 e. The van der Waals surface area contributed by atoms with Crippen molar-refractivity contribution in [1.82, 2.24) is 5.32 Å². The van der Waals surface area contributed by atoms with E-state index in [2.05, 4.69) is 12.2 Å². The van der Waals surface area contributed by atoms with Crippen LogP contribution in [0.2, 0.25) is 0 Å². The third-order valence-electron chi connectivity index (χ3n) is 2.44. The van der Waals surface area contributed by atoms with E-state index >= 15 is 0 Å². The molecule has 2 heteroatoms. The Labute approximate surface area is 82.1 Å². The summed E-state index contributed by atoms with van der Waals surface area (Å²) in [5, 5.41) is 3.12. The molecule has 0 aromatic heterocycles. The van der Waals surface area contributed by atoms with Crippen LogP contribution in [0.15, 0.2) is 0 Å². The number of hydrogen-bond donors (Lipinski definition) is 1. The van der Waals surface area contributed by atoms with Gasteiger partial charge in [-0.3, -0.25) is 4.79 Å². The van der Waals surface area contributed by atoms with Crippen molar-refractivity contribution in [3.05, 3.63) is 0 Å². The maximum Gasteiger partial charge on any atom is 0.132 e. The number of rotatable bonds is 8. The molecule has 2 nitrogen and oxygen atoms in total. The van der Waals surface area contributed by atoms with Crippen LogP contribution < -0.4 is 5.32 Å². The lowest BCUT2D eigenvalue weighted by molar-refractivity contribution is -0.121. The molecule has 78 valence electrons. The molecule has 0 amide bonds. The Bertz CT molecular complexity index is 134. The summed E-state index contributed by atoms with van der Waals surface area (Å²) in [6.45, 7) is 4.93. The van der Waals surface area contributed by atoms with Gasteiger partial charge < -0.3 is 5.32 Å². The van der Waals surface area contributed by atoms with Crippen LogP contribution in [0.4, 0.5) is 0 Å². The van der Waals surface area contributed by atoms with E-state index in [4.69, 9.17) is 0 Å². The van der Waals surface area contributed by atoms with Crippen molar-refractivity contribution in [2.45, 2.75) is 46.0 Å². The van der Waals surface area contributed by atoms with Crippen molar-refractivity contribution >= 4 is 5.78 Å². The van der Waals surface area contributed by atoms with Crippen molar-refractivity contribution in [3.8, 4) is 0 Å². The highest BCUT2D eigenvalue weighted by Gasteiger charge is 2.11. The Morgan fingerprint density at radius 2 is 2.00 bits per heavy atom. The first-order valence-corrected chi connectivity index (χ1v) is 5.37. The number of hydrogen-bond acceptors (Lipinski definition) is 2. The lowest BCUT2D eigenvalue weighted by Crippen LogP contribution is -2.12. The van der Waals surface area contributed by atoms with E-state index in [-0.39, 0.29) is 0 Å². The van der Waals surface area contributed by atoms with Gasteiger partial charge in [-0.15, -0.1) is 0 Å². The van der Waals surface area contributed by atoms with E-state index in [9.17, 15) is 4.79 Å². The third-order valence-corrected chi connectivity index (χ3v) is 2.44. The molecule has 0 fully saturated rings. The Morgan fingerprint density at radius 3 is 2.46 bits per heavy atom. The van der Waals surface area contributed by atoms with Crippen molar-refractivity contribution in [2.24, 2.45) is 5.92 Å². The minimum absolute atomic E-state index is 0.321. The number of Topliss-reactive ketones (excluding diaryl/α,β-unsaturated/α-hetero) is 1. The predicted molar refractivity (Wildman–Crippen MR) is 56.9 cm³/mol. The second kappa shape index (κ2) is 8.24. The van der Waals surface area contributed by atoms with Gasteiger partial charge in [-0.1, -0.05) is 19.8 Å². The molecule has 0 aliphatic heterocycles. The van der Waals surface area contributed by atoms with E-state index in [1.807, 2.05) is 7.05 Å². The van der Waals surface area contributed by atoms with Gasteiger partial charge >= 0.3 is 0 Å². The number of carbonyl (C=O) groups excluding carboxylic acids is 1. The zero-order valence-electron chi connectivity index (χ0n) is 9.23. The average Bonchev–Trinajstić information content (AvgIpc) is 2.10. The van der Waals surface area contributed by atoms with Crippen LogP contribution in [-0.2, 0) is 4.79 Å². The lowest BCUT2D eigenvalue weighted by atomic mass is 9.93. The molecule has 0 saturated heterocycles. The number of nitrogens with one attached hydrogen (secondary N) is 1. The summed E-state index contributed by atoms with van der Waals surface area (Å²) in [6.07, 6.45) is 5.62. The minimum atomic E-state index is 0.321. The van der Waals surface area contributed by atoms with Crippen molar-refractivity contribution in [1.29, 1.82) is 0 Å². The number of carbonyl (C=O) groups is 1. The Morgan fingerprint density at radius 1 is 1.31 bits per heavy atom. The highest BCUT2D eigenvalue weighted by Crippen LogP contribution is 2.15. The second-order valence-corrected chi connectivity index (χ2v) is 3.70. The molecule has 0 aromatic carbocycles. The molecule has 1 N–H and O–H groups in total. The fourth-order valence-corrected chi connectivity index (χ4v) is 1.59. The van der Waals surface area contributed by atoms with Gasteiger partial charge in [-0.25, -0.2) is 0 Å². The third kappa shape index (κ3) is 6.76. The summed E-state index contributed by atoms with van der Waals surface area (Å²) in [5.74, 6) is 0.688. The summed E-state index contributed by atoms with van der Waals surface area (Å²) >= 11 is 0. The maximum absolute atomic E-state index is 11.2.